The van der Waals surface area contributed by atoms with E-state index in [1.165, 1.54) is 11.1 Å². The van der Waals surface area contributed by atoms with Crippen molar-refractivity contribution in [2.45, 2.75) is 17.8 Å². The molecule has 5 rings (SSSR count). The van der Waals surface area contributed by atoms with Crippen molar-refractivity contribution < 1.29 is 9.53 Å². The van der Waals surface area contributed by atoms with Gasteiger partial charge in [0.1, 0.15) is 5.41 Å². The Kier molecular flexibility index (Phi) is 1.68. The maximum atomic E-state index is 12.5. The average Bonchev–Trinajstić information content (AvgIpc) is 2.76. The third-order valence-corrected chi connectivity index (χ3v) is 5.57. The highest BCUT2D eigenvalue weighted by Crippen LogP contribution is 2.82. The van der Waals surface area contributed by atoms with E-state index in [9.17, 15) is 4.79 Å². The van der Waals surface area contributed by atoms with Gasteiger partial charge < -0.3 is 4.74 Å². The number of rotatable bonds is 1. The van der Waals surface area contributed by atoms with Crippen molar-refractivity contribution in [1.29, 1.82) is 0 Å². The Morgan fingerprint density at radius 3 is 2.60 bits per heavy atom. The summed E-state index contributed by atoms with van der Waals surface area (Å²) < 4.78 is 5.47. The first-order chi connectivity index (χ1) is 9.81. The van der Waals surface area contributed by atoms with Crippen LogP contribution in [0.5, 0.6) is 0 Å². The third-order valence-electron chi connectivity index (χ3n) is 5.57. The predicted molar refractivity (Wildman–Crippen MR) is 74.4 cm³/mol. The van der Waals surface area contributed by atoms with Crippen molar-refractivity contribution >= 4 is 5.97 Å². The van der Waals surface area contributed by atoms with E-state index in [0.717, 1.165) is 12.0 Å². The summed E-state index contributed by atoms with van der Waals surface area (Å²) >= 11 is 0. The van der Waals surface area contributed by atoms with Crippen LogP contribution >= 0.6 is 0 Å². The van der Waals surface area contributed by atoms with Crippen LogP contribution in [0.15, 0.2) is 54.6 Å². The van der Waals surface area contributed by atoms with Gasteiger partial charge in [0, 0.05) is 11.3 Å². The van der Waals surface area contributed by atoms with E-state index in [1.54, 1.807) is 0 Å². The van der Waals surface area contributed by atoms with Crippen molar-refractivity contribution in [1.82, 2.24) is 0 Å². The summed E-state index contributed by atoms with van der Waals surface area (Å²) in [5, 5.41) is 0. The maximum Gasteiger partial charge on any atom is 0.317 e. The van der Waals surface area contributed by atoms with E-state index in [2.05, 4.69) is 36.4 Å². The lowest BCUT2D eigenvalue weighted by atomic mass is 9.82. The molecule has 1 heterocycles. The number of carbonyl (C=O) groups excluding carboxylic acids is 1. The summed E-state index contributed by atoms with van der Waals surface area (Å²) in [6.45, 7) is 0.570. The Morgan fingerprint density at radius 2 is 1.75 bits per heavy atom. The molecular formula is C18H14O2. The number of ether oxygens (including phenoxy) is 1. The number of esters is 1. The molecule has 0 radical (unpaired) electrons. The molecule has 0 bridgehead atoms. The van der Waals surface area contributed by atoms with Crippen LogP contribution in [0.2, 0.25) is 0 Å². The second kappa shape index (κ2) is 3.14. The molecule has 1 saturated carbocycles. The fourth-order valence-corrected chi connectivity index (χ4v) is 4.83. The molecule has 3 atom stereocenters. The molecule has 1 spiro atoms. The van der Waals surface area contributed by atoms with E-state index in [-0.39, 0.29) is 11.4 Å². The molecule has 2 aromatic rings. The predicted octanol–water partition coefficient (Wildman–Crippen LogP) is 2.82. The van der Waals surface area contributed by atoms with Crippen LogP contribution in [0.1, 0.15) is 22.6 Å². The number of hydrogen-bond donors (Lipinski definition) is 0. The topological polar surface area (TPSA) is 26.3 Å². The highest BCUT2D eigenvalue weighted by molar-refractivity contribution is 5.96. The summed E-state index contributed by atoms with van der Waals surface area (Å²) in [5.41, 5.74) is 3.44. The molecule has 3 aliphatic rings. The highest BCUT2D eigenvalue weighted by atomic mass is 16.5. The van der Waals surface area contributed by atoms with Gasteiger partial charge in [0.25, 0.3) is 0 Å². The summed E-state index contributed by atoms with van der Waals surface area (Å²) in [4.78, 5) is 12.5. The van der Waals surface area contributed by atoms with Crippen LogP contribution in [0.25, 0.3) is 0 Å². The number of benzene rings is 2. The number of fused-ring (bicyclic) bond motifs is 3. The molecule has 0 amide bonds. The van der Waals surface area contributed by atoms with E-state index >= 15 is 0 Å². The highest BCUT2D eigenvalue weighted by Gasteiger charge is 2.87. The minimum absolute atomic E-state index is 0.0187. The van der Waals surface area contributed by atoms with Gasteiger partial charge in [-0.25, -0.2) is 0 Å². The Bertz CT molecular complexity index is 736. The zero-order valence-corrected chi connectivity index (χ0v) is 11.0. The SMILES string of the molecule is O=C1OCC23Cc4ccccc4C2C13c1ccccc1. The minimum atomic E-state index is -0.414. The zero-order chi connectivity index (χ0) is 13.4. The summed E-state index contributed by atoms with van der Waals surface area (Å²) in [6, 6.07) is 18.7. The number of carbonyl (C=O) groups is 1. The Morgan fingerprint density at radius 1 is 1.00 bits per heavy atom. The largest absolute Gasteiger partial charge is 0.464 e. The van der Waals surface area contributed by atoms with E-state index < -0.39 is 5.41 Å². The normalized spacial score (nSPS) is 36.0. The molecule has 2 heteroatoms. The van der Waals surface area contributed by atoms with Gasteiger partial charge in [0.15, 0.2) is 0 Å². The Labute approximate surface area is 117 Å². The van der Waals surface area contributed by atoms with Crippen molar-refractivity contribution in [3.8, 4) is 0 Å². The quantitative estimate of drug-likeness (QED) is 0.739. The number of hydrogen-bond acceptors (Lipinski definition) is 2. The van der Waals surface area contributed by atoms with Crippen LogP contribution in [0.3, 0.4) is 0 Å². The van der Waals surface area contributed by atoms with Crippen molar-refractivity contribution in [3.63, 3.8) is 0 Å². The molecule has 0 N–H and O–H groups in total. The molecule has 1 saturated heterocycles. The number of cyclic esters (lactones) is 1. The van der Waals surface area contributed by atoms with Crippen molar-refractivity contribution in [2.75, 3.05) is 6.61 Å². The van der Waals surface area contributed by atoms with Gasteiger partial charge in [-0.05, 0) is 23.1 Å². The second-order valence-electron chi connectivity index (χ2n) is 6.21. The maximum absolute atomic E-state index is 12.5. The molecule has 2 aliphatic carbocycles. The molecule has 20 heavy (non-hydrogen) atoms. The van der Waals surface area contributed by atoms with Gasteiger partial charge in [0.05, 0.1) is 6.61 Å². The third kappa shape index (κ3) is 0.894. The average molecular weight is 262 g/mol. The first-order valence-corrected chi connectivity index (χ1v) is 7.11. The second-order valence-corrected chi connectivity index (χ2v) is 6.21. The van der Waals surface area contributed by atoms with Crippen LogP contribution < -0.4 is 0 Å². The smallest absolute Gasteiger partial charge is 0.317 e. The van der Waals surface area contributed by atoms with E-state index in [4.69, 9.17) is 4.74 Å². The van der Waals surface area contributed by atoms with Crippen LogP contribution in [0, 0.1) is 5.41 Å². The fourth-order valence-electron chi connectivity index (χ4n) is 4.83. The molecule has 2 aromatic carbocycles. The van der Waals surface area contributed by atoms with Gasteiger partial charge >= 0.3 is 5.97 Å². The lowest BCUT2D eigenvalue weighted by Crippen LogP contribution is -2.25. The molecule has 3 unspecified atom stereocenters. The van der Waals surface area contributed by atoms with Crippen molar-refractivity contribution in [3.05, 3.63) is 71.3 Å². The Hall–Kier alpha value is -2.09. The van der Waals surface area contributed by atoms with E-state index in [1.807, 2.05) is 18.2 Å². The van der Waals surface area contributed by atoms with Gasteiger partial charge in [0.2, 0.25) is 0 Å². The molecule has 2 fully saturated rings. The van der Waals surface area contributed by atoms with Gasteiger partial charge in [-0.1, -0.05) is 54.6 Å². The monoisotopic (exact) mass is 262 g/mol. The first-order valence-electron chi connectivity index (χ1n) is 7.11. The van der Waals surface area contributed by atoms with Crippen molar-refractivity contribution in [2.24, 2.45) is 5.41 Å². The molecule has 98 valence electrons. The van der Waals surface area contributed by atoms with Crippen LogP contribution in [-0.4, -0.2) is 12.6 Å². The minimum Gasteiger partial charge on any atom is -0.464 e. The van der Waals surface area contributed by atoms with Crippen LogP contribution in [-0.2, 0) is 21.4 Å². The zero-order valence-electron chi connectivity index (χ0n) is 11.0. The summed E-state index contributed by atoms with van der Waals surface area (Å²) in [5.74, 6) is 0.290. The summed E-state index contributed by atoms with van der Waals surface area (Å²) in [7, 11) is 0. The lowest BCUT2D eigenvalue weighted by molar-refractivity contribution is -0.142. The van der Waals surface area contributed by atoms with Gasteiger partial charge in [-0.2, -0.15) is 0 Å². The molecule has 1 aliphatic heterocycles. The first kappa shape index (κ1) is 10.7. The standard InChI is InChI=1S/C18H14O2/c19-16-18(13-7-2-1-3-8-13)15-14-9-5-4-6-12(14)10-17(15,18)11-20-16/h1-9,15H,10-11H2. The summed E-state index contributed by atoms with van der Waals surface area (Å²) in [6.07, 6.45) is 0.967. The fraction of sp³-hybridized carbons (Fsp3) is 0.278. The molecular weight excluding hydrogens is 248 g/mol. The molecule has 2 nitrogen and oxygen atoms in total. The van der Waals surface area contributed by atoms with Gasteiger partial charge in [-0.3, -0.25) is 4.79 Å². The van der Waals surface area contributed by atoms with E-state index in [0.29, 0.717) is 12.5 Å². The van der Waals surface area contributed by atoms with Crippen LogP contribution in [0.4, 0.5) is 0 Å². The van der Waals surface area contributed by atoms with Gasteiger partial charge in [-0.15, -0.1) is 0 Å². The Balaban J connectivity index is 1.76. The molecule has 0 aromatic heterocycles. The lowest BCUT2D eigenvalue weighted by Gasteiger charge is -2.17.